The van der Waals surface area contributed by atoms with Crippen LogP contribution in [-0.2, 0) is 14.3 Å². The van der Waals surface area contributed by atoms with Gasteiger partial charge in [0.25, 0.3) is 0 Å². The molecule has 1 amide bonds. The number of hydrogen-bond acceptors (Lipinski definition) is 5. The second-order valence-corrected chi connectivity index (χ2v) is 5.93. The summed E-state index contributed by atoms with van der Waals surface area (Å²) in [4.78, 5) is 22.9. The van der Waals surface area contributed by atoms with E-state index in [-0.39, 0.29) is 23.8 Å². The predicted molar refractivity (Wildman–Crippen MR) is 76.9 cm³/mol. The Bertz CT molecular complexity index is 300. The van der Waals surface area contributed by atoms with Crippen LogP contribution in [0.1, 0.15) is 32.1 Å². The first kappa shape index (κ1) is 16.3. The fraction of sp³-hybridized carbons (Fsp3) is 0.846. The second kappa shape index (κ2) is 9.20. The molecule has 1 aliphatic carbocycles. The van der Waals surface area contributed by atoms with Crippen LogP contribution in [0.2, 0.25) is 0 Å². The van der Waals surface area contributed by atoms with Gasteiger partial charge >= 0.3 is 5.97 Å². The third kappa shape index (κ3) is 6.29. The minimum atomic E-state index is -0.234. The molecule has 1 saturated carbocycles. The first-order valence-electron chi connectivity index (χ1n) is 6.83. The van der Waals surface area contributed by atoms with Gasteiger partial charge in [-0.25, -0.2) is 0 Å². The van der Waals surface area contributed by atoms with Gasteiger partial charge in [0.05, 0.1) is 18.8 Å². The van der Waals surface area contributed by atoms with E-state index in [0.29, 0.717) is 18.1 Å². The molecular formula is C13H24N2O3S. The van der Waals surface area contributed by atoms with Gasteiger partial charge in [-0.3, -0.25) is 9.59 Å². The smallest absolute Gasteiger partial charge is 0.315 e. The standard InChI is InChI=1S/C13H24N2O3S/c1-18-12(16)9-19-8-7-15-13(17)10-5-3-2-4-6-11(10)14/h10-11H,2-9,14H2,1H3,(H,15,17)/t10-,11-/m0/s1. The Morgan fingerprint density at radius 1 is 1.32 bits per heavy atom. The lowest BCUT2D eigenvalue weighted by Crippen LogP contribution is -2.42. The number of rotatable bonds is 6. The van der Waals surface area contributed by atoms with E-state index in [2.05, 4.69) is 10.1 Å². The number of ether oxygens (including phenoxy) is 1. The molecule has 3 N–H and O–H groups in total. The number of methoxy groups -OCH3 is 1. The lowest BCUT2D eigenvalue weighted by molar-refractivity contribution is -0.137. The molecule has 1 rings (SSSR count). The van der Waals surface area contributed by atoms with Crippen LogP contribution in [0.15, 0.2) is 0 Å². The molecule has 1 aliphatic rings. The monoisotopic (exact) mass is 288 g/mol. The molecule has 0 radical (unpaired) electrons. The number of nitrogens with one attached hydrogen (secondary N) is 1. The minimum absolute atomic E-state index is 0.00905. The van der Waals surface area contributed by atoms with Gasteiger partial charge in [-0.1, -0.05) is 19.3 Å². The molecule has 110 valence electrons. The van der Waals surface area contributed by atoms with E-state index < -0.39 is 0 Å². The number of amides is 1. The summed E-state index contributed by atoms with van der Waals surface area (Å²) >= 11 is 1.46. The molecule has 0 heterocycles. The SMILES string of the molecule is COC(=O)CSCCNC(=O)[C@H]1CCCCC[C@@H]1N. The first-order chi connectivity index (χ1) is 9.15. The molecule has 2 atom stereocenters. The van der Waals surface area contributed by atoms with Gasteiger partial charge in [-0.15, -0.1) is 11.8 Å². The third-order valence-electron chi connectivity index (χ3n) is 3.40. The molecule has 0 aromatic rings. The first-order valence-corrected chi connectivity index (χ1v) is 7.98. The van der Waals surface area contributed by atoms with Crippen LogP contribution in [0.5, 0.6) is 0 Å². The fourth-order valence-corrected chi connectivity index (χ4v) is 2.93. The number of carbonyl (C=O) groups excluding carboxylic acids is 2. The summed E-state index contributed by atoms with van der Waals surface area (Å²) in [6.07, 6.45) is 5.22. The molecule has 1 fully saturated rings. The third-order valence-corrected chi connectivity index (χ3v) is 4.33. The zero-order valence-electron chi connectivity index (χ0n) is 11.5. The van der Waals surface area contributed by atoms with Crippen molar-refractivity contribution in [1.82, 2.24) is 5.32 Å². The van der Waals surface area contributed by atoms with Crippen LogP contribution >= 0.6 is 11.8 Å². The molecule has 0 aromatic heterocycles. The number of nitrogens with two attached hydrogens (primary N) is 1. The molecule has 0 aromatic carbocycles. The normalized spacial score (nSPS) is 23.5. The van der Waals surface area contributed by atoms with Crippen LogP contribution < -0.4 is 11.1 Å². The van der Waals surface area contributed by atoms with E-state index in [1.165, 1.54) is 25.3 Å². The Morgan fingerprint density at radius 3 is 2.79 bits per heavy atom. The van der Waals surface area contributed by atoms with Crippen LogP contribution in [0.3, 0.4) is 0 Å². The van der Waals surface area contributed by atoms with Crippen molar-refractivity contribution in [2.75, 3.05) is 25.2 Å². The highest BCUT2D eigenvalue weighted by atomic mass is 32.2. The largest absolute Gasteiger partial charge is 0.468 e. The summed E-state index contributed by atoms with van der Waals surface area (Å²) in [7, 11) is 1.37. The van der Waals surface area contributed by atoms with Gasteiger partial charge in [0.2, 0.25) is 5.91 Å². The van der Waals surface area contributed by atoms with Gasteiger partial charge in [0, 0.05) is 18.3 Å². The highest BCUT2D eigenvalue weighted by Crippen LogP contribution is 2.22. The lowest BCUT2D eigenvalue weighted by Gasteiger charge is -2.20. The molecular weight excluding hydrogens is 264 g/mol. The minimum Gasteiger partial charge on any atom is -0.468 e. The number of thioether (sulfide) groups is 1. The van der Waals surface area contributed by atoms with E-state index in [0.717, 1.165) is 25.7 Å². The molecule has 6 heteroatoms. The molecule has 0 spiro atoms. The number of carbonyl (C=O) groups is 2. The summed E-state index contributed by atoms with van der Waals surface area (Å²) in [5, 5.41) is 2.91. The van der Waals surface area contributed by atoms with Crippen molar-refractivity contribution in [3.63, 3.8) is 0 Å². The Hall–Kier alpha value is -0.750. The Morgan fingerprint density at radius 2 is 2.05 bits per heavy atom. The summed E-state index contributed by atoms with van der Waals surface area (Å²) < 4.78 is 4.54. The molecule has 0 aliphatic heterocycles. The van der Waals surface area contributed by atoms with E-state index in [9.17, 15) is 9.59 Å². The second-order valence-electron chi connectivity index (χ2n) is 4.83. The van der Waals surface area contributed by atoms with E-state index in [1.54, 1.807) is 0 Å². The number of hydrogen-bond donors (Lipinski definition) is 2. The van der Waals surface area contributed by atoms with Crippen LogP contribution in [0.4, 0.5) is 0 Å². The van der Waals surface area contributed by atoms with Gasteiger partial charge in [-0.2, -0.15) is 0 Å². The molecule has 0 saturated heterocycles. The quantitative estimate of drug-likeness (QED) is 0.431. The van der Waals surface area contributed by atoms with Crippen molar-refractivity contribution in [2.45, 2.75) is 38.1 Å². The fourth-order valence-electron chi connectivity index (χ4n) is 2.25. The maximum atomic E-state index is 12.0. The van der Waals surface area contributed by atoms with Crippen molar-refractivity contribution in [1.29, 1.82) is 0 Å². The summed E-state index contributed by atoms with van der Waals surface area (Å²) in [6, 6.07) is -0.00905. The van der Waals surface area contributed by atoms with Crippen LogP contribution in [-0.4, -0.2) is 43.1 Å². The van der Waals surface area contributed by atoms with Crippen molar-refractivity contribution in [2.24, 2.45) is 11.7 Å². The van der Waals surface area contributed by atoms with Crippen molar-refractivity contribution < 1.29 is 14.3 Å². The summed E-state index contributed by atoms with van der Waals surface area (Å²) in [5.74, 6) is 0.821. The molecule has 0 bridgehead atoms. The molecule has 5 nitrogen and oxygen atoms in total. The van der Waals surface area contributed by atoms with E-state index in [4.69, 9.17) is 5.73 Å². The summed E-state index contributed by atoms with van der Waals surface area (Å²) in [5.41, 5.74) is 6.04. The van der Waals surface area contributed by atoms with Gasteiger partial charge in [0.1, 0.15) is 0 Å². The van der Waals surface area contributed by atoms with Gasteiger partial charge < -0.3 is 15.8 Å². The average Bonchev–Trinajstić information content (AvgIpc) is 2.62. The van der Waals surface area contributed by atoms with Crippen molar-refractivity contribution in [3.05, 3.63) is 0 Å². The zero-order chi connectivity index (χ0) is 14.1. The zero-order valence-corrected chi connectivity index (χ0v) is 12.3. The molecule has 19 heavy (non-hydrogen) atoms. The van der Waals surface area contributed by atoms with Crippen molar-refractivity contribution >= 4 is 23.6 Å². The predicted octanol–water partition coefficient (Wildman–Crippen LogP) is 0.916. The van der Waals surface area contributed by atoms with E-state index >= 15 is 0 Å². The van der Waals surface area contributed by atoms with Crippen LogP contribution in [0, 0.1) is 5.92 Å². The van der Waals surface area contributed by atoms with Crippen LogP contribution in [0.25, 0.3) is 0 Å². The number of esters is 1. The highest BCUT2D eigenvalue weighted by molar-refractivity contribution is 7.99. The maximum Gasteiger partial charge on any atom is 0.315 e. The molecule has 0 unspecified atom stereocenters. The van der Waals surface area contributed by atoms with Gasteiger partial charge in [0.15, 0.2) is 0 Å². The summed E-state index contributed by atoms with van der Waals surface area (Å²) in [6.45, 7) is 0.573. The van der Waals surface area contributed by atoms with Crippen molar-refractivity contribution in [3.8, 4) is 0 Å². The average molecular weight is 288 g/mol. The highest BCUT2D eigenvalue weighted by Gasteiger charge is 2.26. The Labute approximate surface area is 119 Å². The lowest BCUT2D eigenvalue weighted by atomic mass is 9.95. The van der Waals surface area contributed by atoms with Gasteiger partial charge in [-0.05, 0) is 12.8 Å². The topological polar surface area (TPSA) is 81.4 Å². The Balaban J connectivity index is 2.17. The van der Waals surface area contributed by atoms with E-state index in [1.807, 2.05) is 0 Å². The maximum absolute atomic E-state index is 12.0. The Kier molecular flexibility index (Phi) is 7.90.